The number of methoxy groups -OCH3 is 1. The maximum atomic E-state index is 12.1. The van der Waals surface area contributed by atoms with Crippen molar-refractivity contribution in [2.45, 2.75) is 112 Å². The quantitative estimate of drug-likeness (QED) is 0.0877. The third-order valence-corrected chi connectivity index (χ3v) is 8.55. The molecule has 1 aromatic carbocycles. The van der Waals surface area contributed by atoms with Crippen LogP contribution in [0.15, 0.2) is 22.4 Å². The van der Waals surface area contributed by atoms with Gasteiger partial charge in [-0.15, -0.1) is 15.3 Å². The highest BCUT2D eigenvalue weighted by atomic mass is 16.7. The Morgan fingerprint density at radius 1 is 0.879 bits per heavy atom. The first-order valence-corrected chi connectivity index (χ1v) is 18.8. The molecule has 5 atom stereocenters. The maximum absolute atomic E-state index is 12.1. The van der Waals surface area contributed by atoms with Crippen LogP contribution in [0.4, 0.5) is 28.6 Å². The molecule has 0 aliphatic carbocycles. The van der Waals surface area contributed by atoms with Crippen LogP contribution < -0.4 is 20.7 Å². The number of nitrogens with two attached hydrogens (primary N) is 1. The van der Waals surface area contributed by atoms with Crippen LogP contribution in [0.3, 0.4) is 0 Å². The molecule has 2 heterocycles. The summed E-state index contributed by atoms with van der Waals surface area (Å²) in [4.78, 5) is 62.0. The van der Waals surface area contributed by atoms with Crippen molar-refractivity contribution in [2.75, 3.05) is 62.6 Å². The van der Waals surface area contributed by atoms with E-state index in [1.54, 1.807) is 23.9 Å². The van der Waals surface area contributed by atoms with Gasteiger partial charge < -0.3 is 53.8 Å². The van der Waals surface area contributed by atoms with E-state index in [-0.39, 0.29) is 44.7 Å². The number of anilines is 3. The van der Waals surface area contributed by atoms with E-state index in [1.807, 2.05) is 34.6 Å². The molecule has 2 aromatic rings. The fourth-order valence-electron chi connectivity index (χ4n) is 6.30. The number of carbonyl (C=O) groups is 5. The van der Waals surface area contributed by atoms with Crippen molar-refractivity contribution in [1.82, 2.24) is 9.78 Å². The number of amides is 1. The second kappa shape index (κ2) is 21.4. The van der Waals surface area contributed by atoms with E-state index in [9.17, 15) is 24.0 Å². The molecular weight excluding hydrogens is 762 g/mol. The summed E-state index contributed by atoms with van der Waals surface area (Å²) in [5, 5.41) is 16.3. The SMILES string of the molecule is CCN(CC)c1cc(NC(C)=O)c(N=Nc2nn(CCOCCOC3OC(COC(C)=O)C(OC(C)=O)C(OC(C)=O)C3OC(C)=O)c(C(C)(C)C)c2N)cc1OC. The molecule has 3 N–H and O–H groups in total. The van der Waals surface area contributed by atoms with Crippen LogP contribution >= 0.6 is 0 Å². The van der Waals surface area contributed by atoms with Crippen LogP contribution in [0, 0.1) is 0 Å². The Morgan fingerprint density at radius 3 is 2.05 bits per heavy atom. The molecule has 0 saturated carbocycles. The number of nitrogens with zero attached hydrogens (tertiary/aromatic N) is 5. The molecule has 322 valence electrons. The van der Waals surface area contributed by atoms with E-state index in [2.05, 4.69) is 25.5 Å². The van der Waals surface area contributed by atoms with E-state index >= 15 is 0 Å². The fourth-order valence-corrected chi connectivity index (χ4v) is 6.30. The number of nitrogen functional groups attached to an aromatic ring is 1. The molecule has 0 radical (unpaired) electrons. The second-order valence-corrected chi connectivity index (χ2v) is 14.2. The minimum atomic E-state index is -1.36. The number of hydrogen-bond donors (Lipinski definition) is 2. The predicted molar refractivity (Wildman–Crippen MR) is 209 cm³/mol. The lowest BCUT2D eigenvalue weighted by Gasteiger charge is -2.44. The van der Waals surface area contributed by atoms with Crippen molar-refractivity contribution in [2.24, 2.45) is 10.2 Å². The van der Waals surface area contributed by atoms with Gasteiger partial charge in [-0.1, -0.05) is 20.8 Å². The highest BCUT2D eigenvalue weighted by Crippen LogP contribution is 2.41. The molecule has 20 nitrogen and oxygen atoms in total. The number of hydrogen-bond acceptors (Lipinski definition) is 18. The summed E-state index contributed by atoms with van der Waals surface area (Å²) in [6.45, 7) is 17.4. The van der Waals surface area contributed by atoms with Crippen LogP contribution in [0.2, 0.25) is 0 Å². The summed E-state index contributed by atoms with van der Waals surface area (Å²) in [6, 6.07) is 3.49. The average Bonchev–Trinajstić information content (AvgIpc) is 3.45. The molecule has 5 unspecified atom stereocenters. The van der Waals surface area contributed by atoms with E-state index in [0.717, 1.165) is 39.5 Å². The molecule has 1 amide bonds. The molecule has 1 aliphatic rings. The Balaban J connectivity index is 1.79. The van der Waals surface area contributed by atoms with E-state index in [4.69, 9.17) is 43.6 Å². The lowest BCUT2D eigenvalue weighted by Crippen LogP contribution is -2.63. The Hall–Kier alpha value is -5.34. The highest BCUT2D eigenvalue weighted by Gasteiger charge is 2.52. The maximum Gasteiger partial charge on any atom is 0.303 e. The topological polar surface area (TPSA) is 243 Å². The van der Waals surface area contributed by atoms with Crippen LogP contribution in [0.1, 0.15) is 74.9 Å². The standard InChI is InChI=1S/C38H57N7O13/c1-12-44(13-2)28-18-26(40-21(3)46)27(19-29(28)51-11)41-42-36-31(39)35(38(8,9)10)45(43-36)14-15-52-16-17-53-37-34(57-25(7)50)33(56-24(6)49)32(55-23(5)48)30(58-37)20-54-22(4)47/h18-19,30,32-34,37H,12-17,20,39H2,1-11H3,(H,40,46). The van der Waals surface area contributed by atoms with Gasteiger partial charge in [0.2, 0.25) is 11.7 Å². The molecule has 1 aromatic heterocycles. The van der Waals surface area contributed by atoms with Gasteiger partial charge in [0.1, 0.15) is 29.8 Å². The van der Waals surface area contributed by atoms with Gasteiger partial charge in [0.05, 0.1) is 50.5 Å². The molecule has 3 rings (SSSR count). The van der Waals surface area contributed by atoms with Gasteiger partial charge >= 0.3 is 23.9 Å². The van der Waals surface area contributed by atoms with Crippen molar-refractivity contribution in [3.8, 4) is 5.75 Å². The molecule has 0 bridgehead atoms. The van der Waals surface area contributed by atoms with Crippen LogP contribution in [-0.4, -0.2) is 117 Å². The van der Waals surface area contributed by atoms with Gasteiger partial charge in [0, 0.05) is 59.2 Å². The lowest BCUT2D eigenvalue weighted by molar-refractivity contribution is -0.309. The van der Waals surface area contributed by atoms with Gasteiger partial charge in [0.15, 0.2) is 24.6 Å². The predicted octanol–water partition coefficient (Wildman–Crippen LogP) is 4.11. The third kappa shape index (κ3) is 13.1. The van der Waals surface area contributed by atoms with Crippen LogP contribution in [-0.2, 0) is 69.1 Å². The summed E-state index contributed by atoms with van der Waals surface area (Å²) >= 11 is 0. The van der Waals surface area contributed by atoms with Crippen LogP contribution in [0.5, 0.6) is 5.75 Å². The molecule has 1 aliphatic heterocycles. The van der Waals surface area contributed by atoms with Crippen molar-refractivity contribution in [3.05, 3.63) is 17.8 Å². The molecular formula is C38H57N7O13. The molecule has 1 fully saturated rings. The van der Waals surface area contributed by atoms with Crippen molar-refractivity contribution in [1.29, 1.82) is 0 Å². The number of carbonyl (C=O) groups excluding carboxylic acids is 5. The zero-order valence-electron chi connectivity index (χ0n) is 35.1. The largest absolute Gasteiger partial charge is 0.494 e. The lowest BCUT2D eigenvalue weighted by atomic mass is 9.91. The Bertz CT molecular complexity index is 1790. The monoisotopic (exact) mass is 819 g/mol. The van der Waals surface area contributed by atoms with Crippen molar-refractivity contribution >= 4 is 58.4 Å². The minimum absolute atomic E-state index is 0.0261. The first-order valence-electron chi connectivity index (χ1n) is 18.8. The van der Waals surface area contributed by atoms with Gasteiger partial charge in [-0.25, -0.2) is 0 Å². The zero-order chi connectivity index (χ0) is 43.3. The molecule has 58 heavy (non-hydrogen) atoms. The van der Waals surface area contributed by atoms with Crippen LogP contribution in [0.25, 0.3) is 0 Å². The van der Waals surface area contributed by atoms with Gasteiger partial charge in [-0.2, -0.15) is 0 Å². The fraction of sp³-hybridized carbons (Fsp3) is 0.632. The number of benzene rings is 1. The smallest absolute Gasteiger partial charge is 0.303 e. The Labute approximate surface area is 337 Å². The highest BCUT2D eigenvalue weighted by molar-refractivity contribution is 5.94. The number of aromatic nitrogens is 2. The number of nitrogens with one attached hydrogen (secondary N) is 1. The Kier molecular flexibility index (Phi) is 17.4. The number of rotatable bonds is 19. The normalized spacial score (nSPS) is 19.3. The molecule has 20 heteroatoms. The van der Waals surface area contributed by atoms with Gasteiger partial charge in [-0.3, -0.25) is 28.7 Å². The van der Waals surface area contributed by atoms with Gasteiger partial charge in [-0.05, 0) is 19.9 Å². The summed E-state index contributed by atoms with van der Waals surface area (Å²) in [5.41, 5.74) is 8.72. The van der Waals surface area contributed by atoms with E-state index in [1.165, 1.54) is 13.8 Å². The molecule has 1 saturated heterocycles. The van der Waals surface area contributed by atoms with Crippen molar-refractivity contribution in [3.63, 3.8) is 0 Å². The summed E-state index contributed by atoms with van der Waals surface area (Å²) < 4.78 is 46.4. The third-order valence-electron chi connectivity index (χ3n) is 8.55. The van der Waals surface area contributed by atoms with Crippen molar-refractivity contribution < 1.29 is 61.9 Å². The first kappa shape index (κ1) is 47.0. The minimum Gasteiger partial charge on any atom is -0.494 e. The van der Waals surface area contributed by atoms with E-state index < -0.39 is 60.0 Å². The number of azo groups is 1. The second-order valence-electron chi connectivity index (χ2n) is 14.2. The molecule has 0 spiro atoms. The summed E-state index contributed by atoms with van der Waals surface area (Å²) in [5.74, 6) is -2.45. The number of ether oxygens (including phenoxy) is 8. The van der Waals surface area contributed by atoms with E-state index in [0.29, 0.717) is 28.5 Å². The van der Waals surface area contributed by atoms with Gasteiger partial charge in [0.25, 0.3) is 0 Å². The first-order chi connectivity index (χ1) is 27.3. The summed E-state index contributed by atoms with van der Waals surface area (Å²) in [7, 11) is 1.56. The zero-order valence-corrected chi connectivity index (χ0v) is 35.1. The Morgan fingerprint density at radius 2 is 1.50 bits per heavy atom. The number of esters is 4. The summed E-state index contributed by atoms with van der Waals surface area (Å²) in [6.07, 6.45) is -6.50. The average molecular weight is 820 g/mol.